The van der Waals surface area contributed by atoms with Crippen molar-refractivity contribution in [1.29, 1.82) is 0 Å². The Bertz CT molecular complexity index is 714. The van der Waals surface area contributed by atoms with Crippen LogP contribution in [0.4, 0.5) is 5.95 Å². The molecule has 24 heavy (non-hydrogen) atoms. The molecule has 0 bridgehead atoms. The van der Waals surface area contributed by atoms with Gasteiger partial charge < -0.3 is 15.2 Å². The highest BCUT2D eigenvalue weighted by Gasteiger charge is 2.07. The Morgan fingerprint density at radius 1 is 1.46 bits per heavy atom. The molecule has 0 aliphatic carbocycles. The number of hydrazone groups is 1. The molecule has 0 unspecified atom stereocenters. The molecule has 2 aromatic rings. The number of methoxy groups -OCH3 is 1. The Morgan fingerprint density at radius 2 is 2.29 bits per heavy atom. The van der Waals surface area contributed by atoms with Gasteiger partial charge in [-0.25, -0.2) is 10.1 Å². The topological polar surface area (TPSA) is 130 Å². The number of hydrogen-bond donors (Lipinski definition) is 2. The SMILES string of the molecule is CCCOc1ccc(/C=N\NC(=O)Cn2nnnc2N)cc1OC. The maximum Gasteiger partial charge on any atom is 0.261 e. The maximum absolute atomic E-state index is 11.7. The molecule has 1 heterocycles. The molecule has 128 valence electrons. The van der Waals surface area contributed by atoms with Crippen LogP contribution in [0.5, 0.6) is 11.5 Å². The number of nitrogens with zero attached hydrogens (tertiary/aromatic N) is 5. The zero-order valence-corrected chi connectivity index (χ0v) is 13.5. The monoisotopic (exact) mass is 333 g/mol. The van der Waals surface area contributed by atoms with Gasteiger partial charge in [-0.15, -0.1) is 0 Å². The minimum Gasteiger partial charge on any atom is -0.493 e. The maximum atomic E-state index is 11.7. The van der Waals surface area contributed by atoms with E-state index in [1.54, 1.807) is 19.2 Å². The van der Waals surface area contributed by atoms with Crippen molar-refractivity contribution in [1.82, 2.24) is 25.6 Å². The number of rotatable bonds is 8. The van der Waals surface area contributed by atoms with Gasteiger partial charge in [0, 0.05) is 0 Å². The average Bonchev–Trinajstić information content (AvgIpc) is 2.98. The Labute approximate surface area is 138 Å². The Morgan fingerprint density at radius 3 is 2.96 bits per heavy atom. The van der Waals surface area contributed by atoms with E-state index in [2.05, 4.69) is 26.1 Å². The summed E-state index contributed by atoms with van der Waals surface area (Å²) in [5, 5.41) is 14.3. The van der Waals surface area contributed by atoms with E-state index < -0.39 is 5.91 Å². The van der Waals surface area contributed by atoms with Crippen LogP contribution >= 0.6 is 0 Å². The normalized spacial score (nSPS) is 10.8. The number of nitrogens with one attached hydrogen (secondary N) is 1. The Hall–Kier alpha value is -3.17. The minimum atomic E-state index is -0.403. The summed E-state index contributed by atoms with van der Waals surface area (Å²) in [7, 11) is 1.56. The van der Waals surface area contributed by atoms with Gasteiger partial charge in [0.1, 0.15) is 6.54 Å². The summed E-state index contributed by atoms with van der Waals surface area (Å²) < 4.78 is 12.0. The van der Waals surface area contributed by atoms with E-state index in [9.17, 15) is 4.79 Å². The number of ether oxygens (including phenoxy) is 2. The van der Waals surface area contributed by atoms with Crippen molar-refractivity contribution in [2.45, 2.75) is 19.9 Å². The molecule has 1 aromatic carbocycles. The fourth-order valence-electron chi connectivity index (χ4n) is 1.77. The lowest BCUT2D eigenvalue weighted by atomic mass is 10.2. The number of nitrogens with two attached hydrogens (primary N) is 1. The molecule has 0 saturated heterocycles. The van der Waals surface area contributed by atoms with Crippen LogP contribution in [-0.4, -0.2) is 46.0 Å². The van der Waals surface area contributed by atoms with Crippen molar-refractivity contribution >= 4 is 18.1 Å². The fourth-order valence-corrected chi connectivity index (χ4v) is 1.77. The van der Waals surface area contributed by atoms with Crippen LogP contribution in [-0.2, 0) is 11.3 Å². The number of benzene rings is 1. The molecule has 3 N–H and O–H groups in total. The Kier molecular flexibility index (Phi) is 6.06. The molecule has 0 atom stereocenters. The number of aromatic nitrogens is 4. The first-order valence-corrected chi connectivity index (χ1v) is 7.28. The average molecular weight is 333 g/mol. The third kappa shape index (κ3) is 4.66. The van der Waals surface area contributed by atoms with Crippen molar-refractivity contribution in [2.24, 2.45) is 5.10 Å². The predicted molar refractivity (Wildman–Crippen MR) is 86.7 cm³/mol. The number of amides is 1. The summed E-state index contributed by atoms with van der Waals surface area (Å²) in [6.07, 6.45) is 2.40. The molecular weight excluding hydrogens is 314 g/mol. The number of tetrazole rings is 1. The lowest BCUT2D eigenvalue weighted by Crippen LogP contribution is -2.24. The number of carbonyl (C=O) groups excluding carboxylic acids is 1. The van der Waals surface area contributed by atoms with E-state index >= 15 is 0 Å². The molecule has 1 aromatic heterocycles. The van der Waals surface area contributed by atoms with Crippen molar-refractivity contribution in [3.8, 4) is 11.5 Å². The van der Waals surface area contributed by atoms with Gasteiger partial charge in [-0.3, -0.25) is 4.79 Å². The summed E-state index contributed by atoms with van der Waals surface area (Å²) in [5.74, 6) is 0.913. The third-order valence-electron chi connectivity index (χ3n) is 2.91. The van der Waals surface area contributed by atoms with E-state index in [-0.39, 0.29) is 12.5 Å². The van der Waals surface area contributed by atoms with Crippen molar-refractivity contribution < 1.29 is 14.3 Å². The highest BCUT2D eigenvalue weighted by atomic mass is 16.5. The molecule has 0 spiro atoms. The lowest BCUT2D eigenvalue weighted by molar-refractivity contribution is -0.121. The molecule has 0 aliphatic rings. The van der Waals surface area contributed by atoms with E-state index in [0.717, 1.165) is 16.7 Å². The van der Waals surface area contributed by atoms with Gasteiger partial charge in [-0.2, -0.15) is 5.10 Å². The second kappa shape index (κ2) is 8.46. The van der Waals surface area contributed by atoms with E-state index in [1.165, 1.54) is 6.21 Å². The third-order valence-corrected chi connectivity index (χ3v) is 2.91. The number of hydrogen-bond acceptors (Lipinski definition) is 8. The van der Waals surface area contributed by atoms with E-state index in [1.807, 2.05) is 13.0 Å². The molecular formula is C14H19N7O3. The smallest absolute Gasteiger partial charge is 0.261 e. The van der Waals surface area contributed by atoms with Gasteiger partial charge in [0.2, 0.25) is 5.95 Å². The van der Waals surface area contributed by atoms with Gasteiger partial charge >= 0.3 is 0 Å². The summed E-state index contributed by atoms with van der Waals surface area (Å²) >= 11 is 0. The van der Waals surface area contributed by atoms with Crippen molar-refractivity contribution in [3.05, 3.63) is 23.8 Å². The van der Waals surface area contributed by atoms with Crippen LogP contribution < -0.4 is 20.6 Å². The zero-order chi connectivity index (χ0) is 17.4. The quantitative estimate of drug-likeness (QED) is 0.521. The van der Waals surface area contributed by atoms with Gasteiger partial charge in [0.15, 0.2) is 11.5 Å². The molecule has 2 rings (SSSR count). The Balaban J connectivity index is 1.93. The van der Waals surface area contributed by atoms with Crippen molar-refractivity contribution in [2.75, 3.05) is 19.5 Å². The summed E-state index contributed by atoms with van der Waals surface area (Å²) in [6, 6.07) is 5.36. The van der Waals surface area contributed by atoms with E-state index in [0.29, 0.717) is 18.1 Å². The largest absolute Gasteiger partial charge is 0.493 e. The second-order valence-corrected chi connectivity index (χ2v) is 4.75. The highest BCUT2D eigenvalue weighted by molar-refractivity contribution is 5.83. The van der Waals surface area contributed by atoms with Crippen LogP contribution in [0.2, 0.25) is 0 Å². The summed E-state index contributed by atoms with van der Waals surface area (Å²) in [6.45, 7) is 2.52. The number of anilines is 1. The number of carbonyl (C=O) groups is 1. The molecule has 0 saturated carbocycles. The van der Waals surface area contributed by atoms with Gasteiger partial charge in [-0.05, 0) is 40.6 Å². The van der Waals surface area contributed by atoms with Crippen LogP contribution in [0.1, 0.15) is 18.9 Å². The lowest BCUT2D eigenvalue weighted by Gasteiger charge is -2.10. The van der Waals surface area contributed by atoms with Gasteiger partial charge in [0.05, 0.1) is 19.9 Å². The fraction of sp³-hybridized carbons (Fsp3) is 0.357. The molecule has 10 heteroatoms. The van der Waals surface area contributed by atoms with Crippen LogP contribution in [0.3, 0.4) is 0 Å². The van der Waals surface area contributed by atoms with Crippen LogP contribution in [0, 0.1) is 0 Å². The molecule has 10 nitrogen and oxygen atoms in total. The molecule has 0 radical (unpaired) electrons. The predicted octanol–water partition coefficient (Wildman–Crippen LogP) is 0.203. The van der Waals surface area contributed by atoms with Crippen LogP contribution in [0.15, 0.2) is 23.3 Å². The summed E-state index contributed by atoms with van der Waals surface area (Å²) in [5.41, 5.74) is 8.59. The molecule has 0 fully saturated rings. The first kappa shape index (κ1) is 17.2. The number of nitrogen functional groups attached to an aromatic ring is 1. The second-order valence-electron chi connectivity index (χ2n) is 4.75. The molecule has 0 aliphatic heterocycles. The summed E-state index contributed by atoms with van der Waals surface area (Å²) in [4.78, 5) is 11.7. The van der Waals surface area contributed by atoms with Crippen LogP contribution in [0.25, 0.3) is 0 Å². The van der Waals surface area contributed by atoms with Gasteiger partial charge in [-0.1, -0.05) is 12.0 Å². The van der Waals surface area contributed by atoms with Gasteiger partial charge in [0.25, 0.3) is 5.91 Å². The van der Waals surface area contributed by atoms with Crippen molar-refractivity contribution in [3.63, 3.8) is 0 Å². The standard InChI is InChI=1S/C14H19N7O3/c1-3-6-24-11-5-4-10(7-12(11)23-2)8-16-17-13(22)9-21-14(15)18-19-20-21/h4-5,7-8H,3,6,9H2,1-2H3,(H,17,22)(H2,15,18,20)/b16-8-. The zero-order valence-electron chi connectivity index (χ0n) is 13.5. The first-order chi connectivity index (χ1) is 11.6. The minimum absolute atomic E-state index is 0.0570. The first-order valence-electron chi connectivity index (χ1n) is 7.28. The molecule has 1 amide bonds. The van der Waals surface area contributed by atoms with E-state index in [4.69, 9.17) is 15.2 Å². The highest BCUT2D eigenvalue weighted by Crippen LogP contribution is 2.27.